The molecule has 0 unspecified atom stereocenters. The molecule has 0 aliphatic heterocycles. The van der Waals surface area contributed by atoms with E-state index in [1.165, 1.54) is 6.07 Å². The molecule has 10 heavy (non-hydrogen) atoms. The number of alkyl halides is 1. The summed E-state index contributed by atoms with van der Waals surface area (Å²) in [5.74, 6) is 0. The molecule has 0 aliphatic rings. The minimum Gasteiger partial charge on any atom is -0.325 e. The van der Waals surface area contributed by atoms with Gasteiger partial charge in [0.2, 0.25) is 5.56 Å². The fourth-order valence-electron chi connectivity index (χ4n) is 0.636. The standard InChI is InChI=1S/C6H5Br2NO/c7-3-5-1-4(8)2-6(10)9-5/h1-2H,3H2,(H,9,10). The smallest absolute Gasteiger partial charge is 0.249 e. The summed E-state index contributed by atoms with van der Waals surface area (Å²) in [5, 5.41) is 0.668. The highest BCUT2D eigenvalue weighted by atomic mass is 79.9. The van der Waals surface area contributed by atoms with Crippen molar-refractivity contribution in [2.45, 2.75) is 5.33 Å². The predicted octanol–water partition coefficient (Wildman–Crippen LogP) is 2.03. The van der Waals surface area contributed by atoms with Gasteiger partial charge < -0.3 is 4.98 Å². The van der Waals surface area contributed by atoms with E-state index in [9.17, 15) is 4.79 Å². The van der Waals surface area contributed by atoms with Crippen LogP contribution >= 0.6 is 31.9 Å². The second kappa shape index (κ2) is 3.34. The topological polar surface area (TPSA) is 32.9 Å². The number of nitrogens with one attached hydrogen (secondary N) is 1. The highest BCUT2D eigenvalue weighted by molar-refractivity contribution is 9.10. The number of rotatable bonds is 1. The zero-order valence-corrected chi connectivity index (χ0v) is 8.20. The lowest BCUT2D eigenvalue weighted by molar-refractivity contribution is 1.12. The number of halogens is 2. The maximum Gasteiger partial charge on any atom is 0.249 e. The molecule has 0 bridgehead atoms. The lowest BCUT2D eigenvalue weighted by atomic mass is 10.4. The molecular weight excluding hydrogens is 262 g/mol. The number of aromatic amines is 1. The van der Waals surface area contributed by atoms with Crippen molar-refractivity contribution in [2.24, 2.45) is 0 Å². The molecule has 1 aromatic heterocycles. The van der Waals surface area contributed by atoms with E-state index in [2.05, 4.69) is 36.8 Å². The van der Waals surface area contributed by atoms with Crippen LogP contribution in [0, 0.1) is 0 Å². The molecule has 1 heterocycles. The van der Waals surface area contributed by atoms with E-state index in [-0.39, 0.29) is 5.56 Å². The van der Waals surface area contributed by atoms with Gasteiger partial charge in [-0.15, -0.1) is 0 Å². The number of hydrogen-bond donors (Lipinski definition) is 1. The Kier molecular flexibility index (Phi) is 2.68. The molecule has 4 heteroatoms. The number of H-pyrrole nitrogens is 1. The van der Waals surface area contributed by atoms with Crippen LogP contribution in [-0.2, 0) is 5.33 Å². The Bertz CT molecular complexity index is 281. The molecule has 0 saturated heterocycles. The largest absolute Gasteiger partial charge is 0.325 e. The first-order valence-corrected chi connectivity index (χ1v) is 4.58. The van der Waals surface area contributed by atoms with Gasteiger partial charge in [-0.1, -0.05) is 31.9 Å². The summed E-state index contributed by atoms with van der Waals surface area (Å²) >= 11 is 6.45. The van der Waals surface area contributed by atoms with E-state index < -0.39 is 0 Å². The molecule has 0 radical (unpaired) electrons. The van der Waals surface area contributed by atoms with E-state index in [1.807, 2.05) is 6.07 Å². The fourth-order valence-corrected chi connectivity index (χ4v) is 1.42. The Balaban J connectivity index is 3.19. The van der Waals surface area contributed by atoms with Crippen molar-refractivity contribution in [3.63, 3.8) is 0 Å². The maximum absolute atomic E-state index is 10.8. The molecule has 0 aromatic carbocycles. The molecule has 1 rings (SSSR count). The molecule has 0 fully saturated rings. The van der Waals surface area contributed by atoms with Crippen LogP contribution in [0.2, 0.25) is 0 Å². The first kappa shape index (κ1) is 8.01. The van der Waals surface area contributed by atoms with Crippen LogP contribution in [0.1, 0.15) is 5.69 Å². The van der Waals surface area contributed by atoms with E-state index in [4.69, 9.17) is 0 Å². The molecule has 0 spiro atoms. The lowest BCUT2D eigenvalue weighted by Gasteiger charge is -1.93. The van der Waals surface area contributed by atoms with Crippen LogP contribution in [0.15, 0.2) is 21.4 Å². The normalized spacial score (nSPS) is 9.80. The van der Waals surface area contributed by atoms with Gasteiger partial charge in [-0.25, -0.2) is 0 Å². The maximum atomic E-state index is 10.8. The monoisotopic (exact) mass is 265 g/mol. The third kappa shape index (κ3) is 1.95. The van der Waals surface area contributed by atoms with Gasteiger partial charge >= 0.3 is 0 Å². The number of pyridine rings is 1. The molecular formula is C6H5Br2NO. The van der Waals surface area contributed by atoms with Crippen molar-refractivity contribution >= 4 is 31.9 Å². The van der Waals surface area contributed by atoms with Crippen molar-refractivity contribution in [1.29, 1.82) is 0 Å². The van der Waals surface area contributed by atoms with Crippen LogP contribution in [-0.4, -0.2) is 4.98 Å². The van der Waals surface area contributed by atoms with Crippen LogP contribution < -0.4 is 5.56 Å². The summed E-state index contributed by atoms with van der Waals surface area (Å²) in [6.07, 6.45) is 0. The average molecular weight is 267 g/mol. The van der Waals surface area contributed by atoms with Gasteiger partial charge in [0.1, 0.15) is 0 Å². The molecule has 0 aliphatic carbocycles. The summed E-state index contributed by atoms with van der Waals surface area (Å²) in [6, 6.07) is 3.35. The van der Waals surface area contributed by atoms with Crippen LogP contribution in [0.25, 0.3) is 0 Å². The average Bonchev–Trinajstić information content (AvgIpc) is 1.85. The molecule has 2 nitrogen and oxygen atoms in total. The quantitative estimate of drug-likeness (QED) is 0.776. The lowest BCUT2D eigenvalue weighted by Crippen LogP contribution is -2.05. The van der Waals surface area contributed by atoms with Crippen LogP contribution in [0.5, 0.6) is 0 Å². The zero-order valence-electron chi connectivity index (χ0n) is 5.03. The number of hydrogen-bond acceptors (Lipinski definition) is 1. The molecule has 0 amide bonds. The second-order valence-corrected chi connectivity index (χ2v) is 3.30. The Labute approximate surface area is 74.9 Å². The van der Waals surface area contributed by atoms with Crippen LogP contribution in [0.3, 0.4) is 0 Å². The highest BCUT2D eigenvalue weighted by Gasteiger charge is 1.93. The SMILES string of the molecule is O=c1cc(Br)cc(CBr)[nH]1. The van der Waals surface area contributed by atoms with Gasteiger partial charge in [-0.2, -0.15) is 0 Å². The third-order valence-electron chi connectivity index (χ3n) is 1.01. The first-order chi connectivity index (χ1) is 4.72. The van der Waals surface area contributed by atoms with E-state index in [0.29, 0.717) is 5.33 Å². The predicted molar refractivity (Wildman–Crippen MR) is 47.4 cm³/mol. The Morgan fingerprint density at radius 3 is 2.70 bits per heavy atom. The van der Waals surface area contributed by atoms with E-state index in [0.717, 1.165) is 10.2 Å². The third-order valence-corrected chi connectivity index (χ3v) is 2.07. The summed E-state index contributed by atoms with van der Waals surface area (Å²) in [7, 11) is 0. The van der Waals surface area contributed by atoms with Crippen molar-refractivity contribution in [2.75, 3.05) is 0 Å². The summed E-state index contributed by atoms with van der Waals surface area (Å²) in [5.41, 5.74) is 0.795. The molecule has 0 atom stereocenters. The molecule has 0 saturated carbocycles. The van der Waals surface area contributed by atoms with E-state index in [1.54, 1.807) is 0 Å². The molecule has 1 N–H and O–H groups in total. The van der Waals surface area contributed by atoms with Gasteiger partial charge in [0.05, 0.1) is 0 Å². The van der Waals surface area contributed by atoms with Crippen molar-refractivity contribution < 1.29 is 0 Å². The van der Waals surface area contributed by atoms with Crippen LogP contribution in [0.4, 0.5) is 0 Å². The van der Waals surface area contributed by atoms with Crippen molar-refractivity contribution in [3.05, 3.63) is 32.7 Å². The van der Waals surface area contributed by atoms with Gasteiger partial charge in [0, 0.05) is 21.6 Å². The Morgan fingerprint density at radius 1 is 1.50 bits per heavy atom. The van der Waals surface area contributed by atoms with Gasteiger partial charge in [0.15, 0.2) is 0 Å². The second-order valence-electron chi connectivity index (χ2n) is 1.82. The Hall–Kier alpha value is -0.0900. The highest BCUT2D eigenvalue weighted by Crippen LogP contribution is 2.08. The minimum absolute atomic E-state index is 0.0798. The zero-order chi connectivity index (χ0) is 7.56. The van der Waals surface area contributed by atoms with Gasteiger partial charge in [-0.05, 0) is 6.07 Å². The number of aromatic nitrogens is 1. The molecule has 1 aromatic rings. The van der Waals surface area contributed by atoms with Crippen molar-refractivity contribution in [1.82, 2.24) is 4.98 Å². The van der Waals surface area contributed by atoms with E-state index >= 15 is 0 Å². The fraction of sp³-hybridized carbons (Fsp3) is 0.167. The summed E-state index contributed by atoms with van der Waals surface area (Å²) < 4.78 is 0.811. The minimum atomic E-state index is -0.0798. The summed E-state index contributed by atoms with van der Waals surface area (Å²) in [6.45, 7) is 0. The Morgan fingerprint density at radius 2 is 2.20 bits per heavy atom. The van der Waals surface area contributed by atoms with Gasteiger partial charge in [0.25, 0.3) is 0 Å². The summed E-state index contributed by atoms with van der Waals surface area (Å²) in [4.78, 5) is 13.4. The van der Waals surface area contributed by atoms with Crippen molar-refractivity contribution in [3.8, 4) is 0 Å². The first-order valence-electron chi connectivity index (χ1n) is 2.67. The molecule has 54 valence electrons. The van der Waals surface area contributed by atoms with Gasteiger partial charge in [-0.3, -0.25) is 4.79 Å².